The van der Waals surface area contributed by atoms with E-state index >= 15 is 0 Å². The van der Waals surface area contributed by atoms with Gasteiger partial charge in [0.25, 0.3) is 5.91 Å². The van der Waals surface area contributed by atoms with Crippen LogP contribution in [0.5, 0.6) is 0 Å². The third-order valence-corrected chi connectivity index (χ3v) is 3.43. The number of hydrogen-bond donors (Lipinski definition) is 2. The van der Waals surface area contributed by atoms with Crippen molar-refractivity contribution in [2.75, 3.05) is 6.54 Å². The van der Waals surface area contributed by atoms with E-state index < -0.39 is 0 Å². The van der Waals surface area contributed by atoms with Crippen LogP contribution < -0.4 is 11.1 Å². The fourth-order valence-electron chi connectivity index (χ4n) is 1.73. The summed E-state index contributed by atoms with van der Waals surface area (Å²) in [6.07, 6.45) is 1.89. The first-order chi connectivity index (χ1) is 9.97. The van der Waals surface area contributed by atoms with Crippen molar-refractivity contribution in [1.29, 1.82) is 0 Å². The summed E-state index contributed by atoms with van der Waals surface area (Å²) in [6.45, 7) is 2.16. The van der Waals surface area contributed by atoms with Gasteiger partial charge in [-0.2, -0.15) is 0 Å². The number of amides is 1. The van der Waals surface area contributed by atoms with E-state index in [4.69, 9.17) is 33.4 Å². The van der Waals surface area contributed by atoms with Crippen LogP contribution in [0.15, 0.2) is 28.9 Å². The zero-order chi connectivity index (χ0) is 15.4. The summed E-state index contributed by atoms with van der Waals surface area (Å²) in [5.41, 5.74) is 6.75. The molecule has 3 N–H and O–H groups in total. The second-order valence-electron chi connectivity index (χ2n) is 4.60. The number of aromatic nitrogens is 1. The molecule has 1 aromatic heterocycles. The predicted molar refractivity (Wildman–Crippen MR) is 81.6 cm³/mol. The van der Waals surface area contributed by atoms with Crippen LogP contribution in [0.2, 0.25) is 10.0 Å². The Labute approximate surface area is 132 Å². The van der Waals surface area contributed by atoms with Crippen LogP contribution in [0, 0.1) is 0 Å². The molecule has 0 aliphatic rings. The molecule has 7 heteroatoms. The van der Waals surface area contributed by atoms with Gasteiger partial charge in [0.2, 0.25) is 5.89 Å². The van der Waals surface area contributed by atoms with Crippen LogP contribution in [-0.4, -0.2) is 17.4 Å². The van der Waals surface area contributed by atoms with Gasteiger partial charge in [0.1, 0.15) is 6.26 Å². The van der Waals surface area contributed by atoms with Gasteiger partial charge in [-0.3, -0.25) is 4.79 Å². The highest BCUT2D eigenvalue weighted by Gasteiger charge is 2.14. The van der Waals surface area contributed by atoms with Crippen molar-refractivity contribution in [2.24, 2.45) is 5.73 Å². The van der Waals surface area contributed by atoms with Crippen molar-refractivity contribution in [1.82, 2.24) is 10.3 Å². The lowest BCUT2D eigenvalue weighted by Crippen LogP contribution is -2.26. The predicted octanol–water partition coefficient (Wildman–Crippen LogP) is 2.97. The number of hydrogen-bond acceptors (Lipinski definition) is 4. The minimum absolute atomic E-state index is 0.213. The normalized spacial score (nSPS) is 12.2. The number of carbonyl (C=O) groups is 1. The average molecular weight is 328 g/mol. The van der Waals surface area contributed by atoms with Gasteiger partial charge in [-0.05, 0) is 31.0 Å². The monoisotopic (exact) mass is 327 g/mol. The van der Waals surface area contributed by atoms with Gasteiger partial charge in [-0.15, -0.1) is 0 Å². The second-order valence-corrected chi connectivity index (χ2v) is 5.44. The highest BCUT2D eigenvalue weighted by atomic mass is 35.5. The molecule has 112 valence electrons. The van der Waals surface area contributed by atoms with Crippen LogP contribution in [0.25, 0.3) is 0 Å². The van der Waals surface area contributed by atoms with Crippen LogP contribution in [0.3, 0.4) is 0 Å². The molecular weight excluding hydrogens is 313 g/mol. The third-order valence-electron chi connectivity index (χ3n) is 2.84. The van der Waals surface area contributed by atoms with E-state index in [-0.39, 0.29) is 17.6 Å². The summed E-state index contributed by atoms with van der Waals surface area (Å²) in [4.78, 5) is 15.9. The van der Waals surface area contributed by atoms with Crippen molar-refractivity contribution in [2.45, 2.75) is 19.4 Å². The molecule has 1 heterocycles. The van der Waals surface area contributed by atoms with Crippen molar-refractivity contribution in [3.05, 3.63) is 51.7 Å². The van der Waals surface area contributed by atoms with Crippen molar-refractivity contribution >= 4 is 29.1 Å². The number of nitrogens with one attached hydrogen (secondary N) is 1. The summed E-state index contributed by atoms with van der Waals surface area (Å²) in [5, 5.41) is 3.91. The molecule has 1 amide bonds. The molecule has 0 bridgehead atoms. The maximum Gasteiger partial charge on any atom is 0.273 e. The van der Waals surface area contributed by atoms with Crippen molar-refractivity contribution in [3.63, 3.8) is 0 Å². The molecule has 0 saturated carbocycles. The number of carbonyl (C=O) groups excluding carboxylic acids is 1. The molecule has 0 aliphatic heterocycles. The summed E-state index contributed by atoms with van der Waals surface area (Å²) < 4.78 is 5.11. The number of oxazole rings is 1. The highest BCUT2D eigenvalue weighted by Crippen LogP contribution is 2.21. The SMILES string of the molecule is CC(N)c1nc(C(=O)NCCc2ccc(Cl)cc2Cl)co1. The summed E-state index contributed by atoms with van der Waals surface area (Å²) in [7, 11) is 0. The minimum Gasteiger partial charge on any atom is -0.446 e. The Morgan fingerprint density at radius 2 is 2.24 bits per heavy atom. The topological polar surface area (TPSA) is 81.1 Å². The van der Waals surface area contributed by atoms with Gasteiger partial charge < -0.3 is 15.5 Å². The quantitative estimate of drug-likeness (QED) is 0.884. The van der Waals surface area contributed by atoms with Gasteiger partial charge in [0.05, 0.1) is 6.04 Å². The Bertz CT molecular complexity index is 641. The molecule has 1 unspecified atom stereocenters. The number of benzene rings is 1. The molecule has 0 fully saturated rings. The fourth-order valence-corrected chi connectivity index (χ4v) is 2.23. The van der Waals surface area contributed by atoms with Crippen molar-refractivity contribution in [3.8, 4) is 0 Å². The molecule has 1 atom stereocenters. The Kier molecular flexibility index (Phi) is 5.22. The first kappa shape index (κ1) is 15.8. The fraction of sp³-hybridized carbons (Fsp3) is 0.286. The van der Waals surface area contributed by atoms with E-state index in [1.165, 1.54) is 6.26 Å². The lowest BCUT2D eigenvalue weighted by Gasteiger charge is -2.05. The van der Waals surface area contributed by atoms with Gasteiger partial charge in [-0.1, -0.05) is 29.3 Å². The number of rotatable bonds is 5. The van der Waals surface area contributed by atoms with Crippen LogP contribution in [-0.2, 0) is 6.42 Å². The largest absolute Gasteiger partial charge is 0.446 e. The molecule has 0 aliphatic carbocycles. The zero-order valence-electron chi connectivity index (χ0n) is 11.4. The standard InChI is InChI=1S/C14H15Cl2N3O2/c1-8(17)14-19-12(7-21-14)13(20)18-5-4-9-2-3-10(15)6-11(9)16/h2-3,6-8H,4-5,17H2,1H3,(H,18,20). The number of nitrogens with zero attached hydrogens (tertiary/aromatic N) is 1. The molecule has 5 nitrogen and oxygen atoms in total. The molecule has 0 spiro atoms. The lowest BCUT2D eigenvalue weighted by atomic mass is 10.1. The van der Waals surface area contributed by atoms with E-state index in [1.807, 2.05) is 6.07 Å². The lowest BCUT2D eigenvalue weighted by molar-refractivity contribution is 0.0949. The summed E-state index contributed by atoms with van der Waals surface area (Å²) in [5.74, 6) is 0.0247. The Balaban J connectivity index is 1.89. The maximum atomic E-state index is 11.9. The second kappa shape index (κ2) is 6.93. The van der Waals surface area contributed by atoms with E-state index in [1.54, 1.807) is 19.1 Å². The molecule has 1 aromatic carbocycles. The van der Waals surface area contributed by atoms with E-state index in [0.717, 1.165) is 5.56 Å². The van der Waals surface area contributed by atoms with Gasteiger partial charge in [0, 0.05) is 16.6 Å². The summed E-state index contributed by atoms with van der Waals surface area (Å²) >= 11 is 11.9. The highest BCUT2D eigenvalue weighted by molar-refractivity contribution is 6.35. The molecule has 0 saturated heterocycles. The van der Waals surface area contributed by atoms with Crippen LogP contribution in [0.1, 0.15) is 34.9 Å². The zero-order valence-corrected chi connectivity index (χ0v) is 12.9. The molecule has 21 heavy (non-hydrogen) atoms. The molecular formula is C14H15Cl2N3O2. The van der Waals surface area contributed by atoms with Gasteiger partial charge in [0.15, 0.2) is 5.69 Å². The van der Waals surface area contributed by atoms with Crippen LogP contribution in [0.4, 0.5) is 0 Å². The van der Waals surface area contributed by atoms with E-state index in [0.29, 0.717) is 28.9 Å². The molecule has 2 rings (SSSR count). The third kappa shape index (κ3) is 4.20. The maximum absolute atomic E-state index is 11.9. The summed E-state index contributed by atoms with van der Waals surface area (Å²) in [6, 6.07) is 4.92. The smallest absolute Gasteiger partial charge is 0.273 e. The average Bonchev–Trinajstić information content (AvgIpc) is 2.91. The molecule has 0 radical (unpaired) electrons. The Hall–Kier alpha value is -1.56. The first-order valence-corrected chi connectivity index (χ1v) is 7.16. The molecule has 2 aromatic rings. The van der Waals surface area contributed by atoms with Gasteiger partial charge in [-0.25, -0.2) is 4.98 Å². The Morgan fingerprint density at radius 3 is 2.86 bits per heavy atom. The van der Waals surface area contributed by atoms with Crippen molar-refractivity contribution < 1.29 is 9.21 Å². The Morgan fingerprint density at radius 1 is 1.48 bits per heavy atom. The number of nitrogens with two attached hydrogens (primary N) is 1. The van der Waals surface area contributed by atoms with E-state index in [9.17, 15) is 4.79 Å². The number of halogens is 2. The van der Waals surface area contributed by atoms with E-state index in [2.05, 4.69) is 10.3 Å². The van der Waals surface area contributed by atoms with Crippen LogP contribution >= 0.6 is 23.2 Å². The first-order valence-electron chi connectivity index (χ1n) is 6.40. The van der Waals surface area contributed by atoms with Gasteiger partial charge >= 0.3 is 0 Å². The minimum atomic E-state index is -0.348.